The van der Waals surface area contributed by atoms with Crippen molar-refractivity contribution in [3.05, 3.63) is 23.8 Å². The summed E-state index contributed by atoms with van der Waals surface area (Å²) in [6.45, 7) is 2.57. The predicted molar refractivity (Wildman–Crippen MR) is 84.4 cm³/mol. The lowest BCUT2D eigenvalue weighted by atomic mass is 9.85. The highest BCUT2D eigenvalue weighted by Gasteiger charge is 2.25. The molecule has 1 saturated carbocycles. The van der Waals surface area contributed by atoms with Crippen LogP contribution in [0.1, 0.15) is 31.7 Å². The molecule has 1 heterocycles. The van der Waals surface area contributed by atoms with Crippen molar-refractivity contribution in [2.45, 2.75) is 42.8 Å². The molecular weight excluding hydrogens is 284 g/mol. The maximum absolute atomic E-state index is 11.8. The molecule has 5 heteroatoms. The predicted octanol–water partition coefficient (Wildman–Crippen LogP) is 2.58. The number of benzene rings is 1. The maximum Gasteiger partial charge on any atom is 0.237 e. The van der Waals surface area contributed by atoms with Gasteiger partial charge in [-0.2, -0.15) is 0 Å². The van der Waals surface area contributed by atoms with E-state index < -0.39 is 0 Å². The first kappa shape index (κ1) is 14.4. The highest BCUT2D eigenvalue weighted by molar-refractivity contribution is 8.00. The van der Waals surface area contributed by atoms with Gasteiger partial charge in [0, 0.05) is 17.4 Å². The van der Waals surface area contributed by atoms with E-state index in [0.29, 0.717) is 6.54 Å². The SMILES string of the molecule is CC1Sc2ccc(CCNC(=O)C3CCC3)cc2NC1=O. The Bertz CT molecular complexity index is 569. The van der Waals surface area contributed by atoms with Gasteiger partial charge in [0.1, 0.15) is 0 Å². The lowest BCUT2D eigenvalue weighted by molar-refractivity contribution is -0.127. The normalized spacial score (nSPS) is 21.2. The van der Waals surface area contributed by atoms with E-state index in [1.54, 1.807) is 11.8 Å². The van der Waals surface area contributed by atoms with Crippen molar-refractivity contribution >= 4 is 29.3 Å². The van der Waals surface area contributed by atoms with Gasteiger partial charge in [-0.25, -0.2) is 0 Å². The Morgan fingerprint density at radius 3 is 2.95 bits per heavy atom. The third-order valence-corrected chi connectivity index (χ3v) is 5.34. The third kappa shape index (κ3) is 3.23. The summed E-state index contributed by atoms with van der Waals surface area (Å²) >= 11 is 1.59. The summed E-state index contributed by atoms with van der Waals surface area (Å²) in [5, 5.41) is 5.90. The molecule has 3 rings (SSSR count). The minimum Gasteiger partial charge on any atom is -0.356 e. The summed E-state index contributed by atoms with van der Waals surface area (Å²) in [4.78, 5) is 24.6. The van der Waals surface area contributed by atoms with Gasteiger partial charge in [-0.3, -0.25) is 9.59 Å². The van der Waals surface area contributed by atoms with Crippen molar-refractivity contribution in [1.29, 1.82) is 0 Å². The molecule has 0 bridgehead atoms. The molecule has 2 N–H and O–H groups in total. The van der Waals surface area contributed by atoms with Gasteiger partial charge in [0.25, 0.3) is 0 Å². The number of anilines is 1. The molecule has 0 spiro atoms. The van der Waals surface area contributed by atoms with Gasteiger partial charge < -0.3 is 10.6 Å². The summed E-state index contributed by atoms with van der Waals surface area (Å²) in [7, 11) is 0. The van der Waals surface area contributed by atoms with E-state index in [4.69, 9.17) is 0 Å². The zero-order valence-electron chi connectivity index (χ0n) is 12.1. The fourth-order valence-electron chi connectivity index (χ4n) is 2.56. The molecule has 1 atom stereocenters. The number of carbonyl (C=O) groups is 2. The monoisotopic (exact) mass is 304 g/mol. The van der Waals surface area contributed by atoms with E-state index in [-0.39, 0.29) is 23.0 Å². The second kappa shape index (κ2) is 6.10. The number of hydrogen-bond donors (Lipinski definition) is 2. The third-order valence-electron chi connectivity index (χ3n) is 4.16. The molecule has 2 aliphatic rings. The Kier molecular flexibility index (Phi) is 4.19. The van der Waals surface area contributed by atoms with E-state index in [1.807, 2.05) is 13.0 Å². The Balaban J connectivity index is 1.55. The fraction of sp³-hybridized carbons (Fsp3) is 0.500. The molecule has 1 aliphatic heterocycles. The number of fused-ring (bicyclic) bond motifs is 1. The molecular formula is C16H20N2O2S. The molecule has 1 fully saturated rings. The molecule has 112 valence electrons. The quantitative estimate of drug-likeness (QED) is 0.899. The Hall–Kier alpha value is -1.49. The second-order valence-corrected chi connectivity index (χ2v) is 7.13. The number of thioether (sulfide) groups is 1. The molecule has 4 nitrogen and oxygen atoms in total. The Labute approximate surface area is 129 Å². The summed E-state index contributed by atoms with van der Waals surface area (Å²) in [6.07, 6.45) is 4.04. The van der Waals surface area contributed by atoms with Crippen LogP contribution in [0.3, 0.4) is 0 Å². The minimum atomic E-state index is -0.0369. The molecule has 21 heavy (non-hydrogen) atoms. The summed E-state index contributed by atoms with van der Waals surface area (Å²) in [5.74, 6) is 0.491. The van der Waals surface area contributed by atoms with Crippen molar-refractivity contribution in [3.8, 4) is 0 Å². The van der Waals surface area contributed by atoms with Crippen molar-refractivity contribution in [1.82, 2.24) is 5.32 Å². The number of carbonyl (C=O) groups excluding carboxylic acids is 2. The highest BCUT2D eigenvalue weighted by Crippen LogP contribution is 2.35. The molecule has 1 aliphatic carbocycles. The molecule has 1 aromatic rings. The summed E-state index contributed by atoms with van der Waals surface area (Å²) < 4.78 is 0. The van der Waals surface area contributed by atoms with Crippen LogP contribution in [0.25, 0.3) is 0 Å². The zero-order valence-corrected chi connectivity index (χ0v) is 13.0. The Morgan fingerprint density at radius 1 is 1.43 bits per heavy atom. The van der Waals surface area contributed by atoms with Crippen LogP contribution in [0.4, 0.5) is 5.69 Å². The largest absolute Gasteiger partial charge is 0.356 e. The van der Waals surface area contributed by atoms with Crippen molar-refractivity contribution in [2.24, 2.45) is 5.92 Å². The maximum atomic E-state index is 11.8. The van der Waals surface area contributed by atoms with Crippen LogP contribution in [0, 0.1) is 5.92 Å². The summed E-state index contributed by atoms with van der Waals surface area (Å²) in [6, 6.07) is 6.15. The Morgan fingerprint density at radius 2 is 2.24 bits per heavy atom. The van der Waals surface area contributed by atoms with Gasteiger partial charge >= 0.3 is 0 Å². The van der Waals surface area contributed by atoms with E-state index in [1.165, 1.54) is 6.42 Å². The van der Waals surface area contributed by atoms with Crippen LogP contribution in [-0.4, -0.2) is 23.6 Å². The smallest absolute Gasteiger partial charge is 0.237 e. The first-order valence-corrected chi connectivity index (χ1v) is 8.39. The van der Waals surface area contributed by atoms with Crippen LogP contribution in [0.2, 0.25) is 0 Å². The van der Waals surface area contributed by atoms with Gasteiger partial charge in [-0.15, -0.1) is 11.8 Å². The average Bonchev–Trinajstić information content (AvgIpc) is 2.38. The van der Waals surface area contributed by atoms with Gasteiger partial charge in [0.05, 0.1) is 10.9 Å². The van der Waals surface area contributed by atoms with E-state index >= 15 is 0 Å². The number of rotatable bonds is 4. The van der Waals surface area contributed by atoms with Crippen LogP contribution in [0.15, 0.2) is 23.1 Å². The van der Waals surface area contributed by atoms with Crippen molar-refractivity contribution in [3.63, 3.8) is 0 Å². The van der Waals surface area contributed by atoms with Gasteiger partial charge in [0.2, 0.25) is 11.8 Å². The number of amides is 2. The van der Waals surface area contributed by atoms with E-state index in [2.05, 4.69) is 22.8 Å². The number of hydrogen-bond acceptors (Lipinski definition) is 3. The van der Waals surface area contributed by atoms with Crippen LogP contribution < -0.4 is 10.6 Å². The van der Waals surface area contributed by atoms with E-state index in [9.17, 15) is 9.59 Å². The zero-order chi connectivity index (χ0) is 14.8. The first-order chi connectivity index (χ1) is 10.1. The average molecular weight is 304 g/mol. The lowest BCUT2D eigenvalue weighted by Crippen LogP contribution is -2.35. The molecule has 0 aromatic heterocycles. The highest BCUT2D eigenvalue weighted by atomic mass is 32.2. The fourth-order valence-corrected chi connectivity index (χ4v) is 3.49. The topological polar surface area (TPSA) is 58.2 Å². The van der Waals surface area contributed by atoms with Crippen LogP contribution in [0.5, 0.6) is 0 Å². The second-order valence-electron chi connectivity index (χ2n) is 5.75. The van der Waals surface area contributed by atoms with Crippen LogP contribution in [-0.2, 0) is 16.0 Å². The molecule has 0 saturated heterocycles. The van der Waals surface area contributed by atoms with Crippen molar-refractivity contribution < 1.29 is 9.59 Å². The van der Waals surface area contributed by atoms with Gasteiger partial charge in [0.15, 0.2) is 0 Å². The lowest BCUT2D eigenvalue weighted by Gasteiger charge is -2.24. The summed E-state index contributed by atoms with van der Waals surface area (Å²) in [5.41, 5.74) is 2.03. The van der Waals surface area contributed by atoms with Crippen LogP contribution >= 0.6 is 11.8 Å². The van der Waals surface area contributed by atoms with Gasteiger partial charge in [-0.1, -0.05) is 12.5 Å². The number of nitrogens with one attached hydrogen (secondary N) is 2. The molecule has 1 unspecified atom stereocenters. The van der Waals surface area contributed by atoms with Crippen molar-refractivity contribution in [2.75, 3.05) is 11.9 Å². The first-order valence-electron chi connectivity index (χ1n) is 7.51. The van der Waals surface area contributed by atoms with Gasteiger partial charge in [-0.05, 0) is 43.9 Å². The molecule has 2 amide bonds. The molecule has 0 radical (unpaired) electrons. The van der Waals surface area contributed by atoms with E-state index in [0.717, 1.165) is 35.4 Å². The standard InChI is InChI=1S/C16H20N2O2S/c1-10-15(19)18-13-9-11(5-6-14(13)21-10)7-8-17-16(20)12-3-2-4-12/h5-6,9-10,12H,2-4,7-8H2,1H3,(H,17,20)(H,18,19). The minimum absolute atomic E-state index is 0.0369. The molecule has 1 aromatic carbocycles.